The van der Waals surface area contributed by atoms with Crippen LogP contribution < -0.4 is 5.73 Å². The van der Waals surface area contributed by atoms with E-state index in [1.54, 1.807) is 0 Å². The van der Waals surface area contributed by atoms with Crippen LogP contribution in [0.5, 0.6) is 0 Å². The molecule has 2 unspecified atom stereocenters. The first kappa shape index (κ1) is 11.4. The van der Waals surface area contributed by atoms with Crippen LogP contribution in [0.15, 0.2) is 28.8 Å². The summed E-state index contributed by atoms with van der Waals surface area (Å²) in [6, 6.07) is 7.72. The normalized spacial score (nSPS) is 19.8. The lowest BCUT2D eigenvalue weighted by molar-refractivity contribution is 0.236. The van der Waals surface area contributed by atoms with E-state index in [4.69, 9.17) is 15.4 Å². The molecule has 18 heavy (non-hydrogen) atoms. The molecule has 1 aromatic heterocycles. The van der Waals surface area contributed by atoms with Crippen molar-refractivity contribution in [2.75, 3.05) is 6.61 Å². The number of aliphatic hydroxyl groups excluding tert-OH is 1. The molecule has 0 radical (unpaired) electrons. The first-order valence-corrected chi connectivity index (χ1v) is 6.07. The molecule has 1 aliphatic rings. The molecular formula is C13H15N3O2. The maximum atomic E-state index is 8.97. The average Bonchev–Trinajstić information content (AvgIpc) is 3.03. The summed E-state index contributed by atoms with van der Waals surface area (Å²) >= 11 is 0. The number of aliphatic hydroxyl groups is 1. The van der Waals surface area contributed by atoms with Crippen LogP contribution >= 0.6 is 0 Å². The van der Waals surface area contributed by atoms with Crippen molar-refractivity contribution in [3.05, 3.63) is 47.1 Å². The van der Waals surface area contributed by atoms with Gasteiger partial charge in [-0.3, -0.25) is 0 Å². The maximum absolute atomic E-state index is 8.97. The Morgan fingerprint density at radius 2 is 2.28 bits per heavy atom. The van der Waals surface area contributed by atoms with E-state index in [1.807, 2.05) is 12.1 Å². The second kappa shape index (κ2) is 4.51. The Balaban J connectivity index is 1.91. The van der Waals surface area contributed by atoms with Crippen LogP contribution in [0.4, 0.5) is 0 Å². The number of aromatic nitrogens is 2. The zero-order chi connectivity index (χ0) is 12.5. The largest absolute Gasteiger partial charge is 0.394 e. The lowest BCUT2D eigenvalue weighted by Gasteiger charge is -2.05. The molecular weight excluding hydrogens is 230 g/mol. The van der Waals surface area contributed by atoms with E-state index in [0.29, 0.717) is 11.7 Å². The molecule has 0 spiro atoms. The van der Waals surface area contributed by atoms with Crippen LogP contribution in [0, 0.1) is 0 Å². The van der Waals surface area contributed by atoms with Gasteiger partial charge in [0.25, 0.3) is 0 Å². The van der Waals surface area contributed by atoms with Gasteiger partial charge in [0.15, 0.2) is 5.82 Å². The lowest BCUT2D eigenvalue weighted by Crippen LogP contribution is -2.15. The fourth-order valence-electron chi connectivity index (χ4n) is 2.44. The molecule has 2 aromatic rings. The summed E-state index contributed by atoms with van der Waals surface area (Å²) in [6.45, 7) is -0.192. The van der Waals surface area contributed by atoms with Crippen molar-refractivity contribution in [3.8, 4) is 0 Å². The Kier molecular flexibility index (Phi) is 2.85. The first-order chi connectivity index (χ1) is 8.79. The van der Waals surface area contributed by atoms with Gasteiger partial charge in [-0.25, -0.2) is 0 Å². The van der Waals surface area contributed by atoms with Crippen molar-refractivity contribution >= 4 is 0 Å². The molecule has 3 N–H and O–H groups in total. The quantitative estimate of drug-likeness (QED) is 0.847. The Bertz CT molecular complexity index is 553. The molecule has 94 valence electrons. The van der Waals surface area contributed by atoms with E-state index in [1.165, 1.54) is 11.1 Å². The van der Waals surface area contributed by atoms with Crippen molar-refractivity contribution < 1.29 is 9.63 Å². The summed E-state index contributed by atoms with van der Waals surface area (Å²) in [5.41, 5.74) is 8.27. The van der Waals surface area contributed by atoms with Gasteiger partial charge in [-0.1, -0.05) is 29.4 Å². The number of nitrogens with zero attached hydrogens (tertiary/aromatic N) is 2. The van der Waals surface area contributed by atoms with Crippen LogP contribution in [0.1, 0.15) is 41.2 Å². The molecule has 5 nitrogen and oxygen atoms in total. The van der Waals surface area contributed by atoms with E-state index in [-0.39, 0.29) is 12.5 Å². The summed E-state index contributed by atoms with van der Waals surface area (Å²) in [5, 5.41) is 13.0. The van der Waals surface area contributed by atoms with Gasteiger partial charge in [0, 0.05) is 5.92 Å². The number of hydrogen-bond acceptors (Lipinski definition) is 5. The highest BCUT2D eigenvalue weighted by molar-refractivity contribution is 5.38. The van der Waals surface area contributed by atoms with Gasteiger partial charge in [0.05, 0.1) is 6.61 Å². The minimum Gasteiger partial charge on any atom is -0.394 e. The van der Waals surface area contributed by atoms with Crippen LogP contribution in [-0.4, -0.2) is 21.9 Å². The molecule has 0 fully saturated rings. The molecule has 1 aliphatic carbocycles. The summed E-state index contributed by atoms with van der Waals surface area (Å²) in [7, 11) is 0. The van der Waals surface area contributed by atoms with Crippen molar-refractivity contribution in [2.24, 2.45) is 5.73 Å². The SMILES string of the molecule is NC(CO)c1nc(C2CCc3ccccc32)no1. The van der Waals surface area contributed by atoms with Crippen LogP contribution in [0.3, 0.4) is 0 Å². The number of nitrogens with two attached hydrogens (primary N) is 1. The molecule has 0 amide bonds. The fraction of sp³-hybridized carbons (Fsp3) is 0.385. The number of aryl methyl sites for hydroxylation is 1. The highest BCUT2D eigenvalue weighted by Crippen LogP contribution is 2.36. The summed E-state index contributed by atoms with van der Waals surface area (Å²) < 4.78 is 5.10. The Morgan fingerprint density at radius 3 is 3.11 bits per heavy atom. The Labute approximate surface area is 105 Å². The standard InChI is InChI=1S/C13H15N3O2/c14-11(7-17)13-15-12(16-18-13)10-6-5-8-3-1-2-4-9(8)10/h1-4,10-11,17H,5-7,14H2. The van der Waals surface area contributed by atoms with Crippen molar-refractivity contribution in [1.29, 1.82) is 0 Å². The van der Waals surface area contributed by atoms with E-state index < -0.39 is 6.04 Å². The summed E-state index contributed by atoms with van der Waals surface area (Å²) in [4.78, 5) is 4.30. The third-order valence-corrected chi connectivity index (χ3v) is 3.42. The van der Waals surface area contributed by atoms with Crippen molar-refractivity contribution in [3.63, 3.8) is 0 Å². The fourth-order valence-corrected chi connectivity index (χ4v) is 2.44. The molecule has 1 aromatic carbocycles. The molecule has 0 bridgehead atoms. The number of hydrogen-bond donors (Lipinski definition) is 2. The predicted molar refractivity (Wildman–Crippen MR) is 64.9 cm³/mol. The second-order valence-corrected chi connectivity index (χ2v) is 4.57. The molecule has 3 rings (SSSR count). The third-order valence-electron chi connectivity index (χ3n) is 3.42. The molecule has 0 saturated heterocycles. The van der Waals surface area contributed by atoms with E-state index in [0.717, 1.165) is 12.8 Å². The zero-order valence-corrected chi connectivity index (χ0v) is 9.91. The van der Waals surface area contributed by atoms with Gasteiger partial charge in [-0.05, 0) is 24.0 Å². The minimum atomic E-state index is -0.595. The smallest absolute Gasteiger partial charge is 0.245 e. The highest BCUT2D eigenvalue weighted by atomic mass is 16.5. The lowest BCUT2D eigenvalue weighted by atomic mass is 10.0. The Morgan fingerprint density at radius 1 is 1.44 bits per heavy atom. The molecule has 0 saturated carbocycles. The van der Waals surface area contributed by atoms with Crippen LogP contribution in [-0.2, 0) is 6.42 Å². The average molecular weight is 245 g/mol. The van der Waals surface area contributed by atoms with Gasteiger partial charge >= 0.3 is 0 Å². The van der Waals surface area contributed by atoms with Gasteiger partial charge < -0.3 is 15.4 Å². The van der Waals surface area contributed by atoms with E-state index in [9.17, 15) is 0 Å². The molecule has 0 aliphatic heterocycles. The minimum absolute atomic E-state index is 0.185. The second-order valence-electron chi connectivity index (χ2n) is 4.57. The molecule has 5 heteroatoms. The van der Waals surface area contributed by atoms with Gasteiger partial charge in [-0.15, -0.1) is 0 Å². The van der Waals surface area contributed by atoms with Crippen molar-refractivity contribution in [1.82, 2.24) is 10.1 Å². The van der Waals surface area contributed by atoms with Gasteiger partial charge in [0.2, 0.25) is 5.89 Å². The van der Waals surface area contributed by atoms with E-state index >= 15 is 0 Å². The van der Waals surface area contributed by atoms with E-state index in [2.05, 4.69) is 22.3 Å². The predicted octanol–water partition coefficient (Wildman–Crippen LogP) is 1.14. The number of rotatable bonds is 3. The van der Waals surface area contributed by atoms with Gasteiger partial charge in [-0.2, -0.15) is 4.98 Å². The number of benzene rings is 1. The summed E-state index contributed by atoms with van der Waals surface area (Å²) in [6.07, 6.45) is 2.03. The zero-order valence-electron chi connectivity index (χ0n) is 9.91. The highest BCUT2D eigenvalue weighted by Gasteiger charge is 2.28. The number of fused-ring (bicyclic) bond motifs is 1. The summed E-state index contributed by atoms with van der Waals surface area (Å²) in [5.74, 6) is 1.15. The first-order valence-electron chi connectivity index (χ1n) is 6.07. The van der Waals surface area contributed by atoms with Crippen LogP contribution in [0.2, 0.25) is 0 Å². The van der Waals surface area contributed by atoms with Gasteiger partial charge in [0.1, 0.15) is 6.04 Å². The van der Waals surface area contributed by atoms with Crippen molar-refractivity contribution in [2.45, 2.75) is 24.8 Å². The molecule has 2 atom stereocenters. The Hall–Kier alpha value is -1.72. The molecule has 1 heterocycles. The van der Waals surface area contributed by atoms with Crippen LogP contribution in [0.25, 0.3) is 0 Å². The topological polar surface area (TPSA) is 85.2 Å². The third kappa shape index (κ3) is 1.81. The maximum Gasteiger partial charge on any atom is 0.245 e. The monoisotopic (exact) mass is 245 g/mol.